The monoisotopic (exact) mass is 393 g/mol. The van der Waals surface area contributed by atoms with Crippen molar-refractivity contribution in [2.45, 2.75) is 52.1 Å². The molecule has 0 spiro atoms. The van der Waals surface area contributed by atoms with Crippen LogP contribution in [0.15, 0.2) is 10.9 Å². The Hall–Kier alpha value is -2.09. The zero-order valence-electron chi connectivity index (χ0n) is 16.7. The maximum absolute atomic E-state index is 12.2. The fourth-order valence-electron chi connectivity index (χ4n) is 4.00. The van der Waals surface area contributed by atoms with E-state index in [0.717, 1.165) is 11.8 Å². The van der Waals surface area contributed by atoms with Crippen molar-refractivity contribution in [3.8, 4) is 11.8 Å². The van der Waals surface area contributed by atoms with E-state index in [4.69, 9.17) is 14.2 Å². The Morgan fingerprint density at radius 2 is 1.89 bits per heavy atom. The summed E-state index contributed by atoms with van der Waals surface area (Å²) in [6.45, 7) is 5.97. The molecule has 156 valence electrons. The minimum absolute atomic E-state index is 0.0731. The second-order valence-electron chi connectivity index (χ2n) is 7.88. The SMILES string of the molecule is CCC1CC(CC)CC(CNC(=O)COc2cc(OC3COC3)[nH]c(=O)n2)C1. The normalized spacial score (nSPS) is 25.0. The van der Waals surface area contributed by atoms with Gasteiger partial charge in [0.15, 0.2) is 6.61 Å². The molecule has 1 amide bonds. The summed E-state index contributed by atoms with van der Waals surface area (Å²) >= 11 is 0. The first-order valence-electron chi connectivity index (χ1n) is 10.3. The van der Waals surface area contributed by atoms with Gasteiger partial charge in [0, 0.05) is 6.54 Å². The Labute approximate surface area is 165 Å². The van der Waals surface area contributed by atoms with Crippen molar-refractivity contribution in [2.75, 3.05) is 26.4 Å². The Bertz CT molecular complexity index is 691. The number of rotatable bonds is 9. The van der Waals surface area contributed by atoms with E-state index in [0.29, 0.717) is 25.7 Å². The van der Waals surface area contributed by atoms with Crippen LogP contribution in [0.25, 0.3) is 0 Å². The van der Waals surface area contributed by atoms with Crippen LogP contribution in [0.2, 0.25) is 0 Å². The van der Waals surface area contributed by atoms with Gasteiger partial charge in [-0.15, -0.1) is 0 Å². The number of nitrogens with one attached hydrogen (secondary N) is 2. The molecule has 1 saturated carbocycles. The Balaban J connectivity index is 1.44. The summed E-state index contributed by atoms with van der Waals surface area (Å²) in [5.41, 5.74) is -0.577. The second-order valence-corrected chi connectivity index (χ2v) is 7.88. The maximum Gasteiger partial charge on any atom is 0.351 e. The predicted octanol–water partition coefficient (Wildman–Crippen LogP) is 1.89. The Kier molecular flexibility index (Phi) is 7.30. The van der Waals surface area contributed by atoms with E-state index in [-0.39, 0.29) is 30.4 Å². The highest BCUT2D eigenvalue weighted by Crippen LogP contribution is 2.36. The van der Waals surface area contributed by atoms with Crippen LogP contribution in [-0.2, 0) is 9.53 Å². The minimum Gasteiger partial charge on any atom is -0.470 e. The van der Waals surface area contributed by atoms with Gasteiger partial charge in [-0.05, 0) is 37.0 Å². The standard InChI is InChI=1S/C20H31N3O5/c1-3-13-5-14(4-2)7-15(6-13)9-21-17(24)12-27-18-8-19(23-20(25)22-18)28-16-10-26-11-16/h8,13-16H,3-7,9-12H2,1-2H3,(H,21,24)(H,22,23,25). The molecule has 2 aliphatic rings. The highest BCUT2D eigenvalue weighted by atomic mass is 16.6. The number of H-pyrrole nitrogens is 1. The van der Waals surface area contributed by atoms with Crippen LogP contribution in [0.5, 0.6) is 11.8 Å². The summed E-state index contributed by atoms with van der Waals surface area (Å²) < 4.78 is 16.0. The molecule has 2 N–H and O–H groups in total. The topological polar surface area (TPSA) is 103 Å². The van der Waals surface area contributed by atoms with Crippen molar-refractivity contribution in [3.05, 3.63) is 16.6 Å². The molecule has 3 rings (SSSR count). The molecule has 0 radical (unpaired) electrons. The van der Waals surface area contributed by atoms with E-state index in [9.17, 15) is 9.59 Å². The van der Waals surface area contributed by atoms with Gasteiger partial charge in [0.25, 0.3) is 5.91 Å². The van der Waals surface area contributed by atoms with E-state index in [1.165, 1.54) is 38.2 Å². The van der Waals surface area contributed by atoms with Crippen molar-refractivity contribution in [1.82, 2.24) is 15.3 Å². The summed E-state index contributed by atoms with van der Waals surface area (Å²) in [5.74, 6) is 2.18. The Morgan fingerprint density at radius 1 is 1.21 bits per heavy atom. The van der Waals surface area contributed by atoms with Gasteiger partial charge in [-0.3, -0.25) is 9.78 Å². The molecule has 1 aromatic heterocycles. The fraction of sp³-hybridized carbons (Fsp3) is 0.750. The lowest BCUT2D eigenvalue weighted by atomic mass is 9.73. The molecular formula is C20H31N3O5. The summed E-state index contributed by atoms with van der Waals surface area (Å²) in [6.07, 6.45) is 5.99. The molecule has 8 heteroatoms. The lowest BCUT2D eigenvalue weighted by Crippen LogP contribution is -2.39. The fourth-order valence-corrected chi connectivity index (χ4v) is 4.00. The number of hydrogen-bond donors (Lipinski definition) is 2. The predicted molar refractivity (Wildman–Crippen MR) is 104 cm³/mol. The van der Waals surface area contributed by atoms with Crippen LogP contribution in [-0.4, -0.2) is 48.3 Å². The van der Waals surface area contributed by atoms with E-state index >= 15 is 0 Å². The van der Waals surface area contributed by atoms with Gasteiger partial charge >= 0.3 is 5.69 Å². The van der Waals surface area contributed by atoms with Gasteiger partial charge < -0.3 is 19.5 Å². The van der Waals surface area contributed by atoms with E-state index in [1.54, 1.807) is 0 Å². The third kappa shape index (κ3) is 5.95. The van der Waals surface area contributed by atoms with E-state index < -0.39 is 5.69 Å². The molecule has 0 aromatic carbocycles. The molecule has 0 bridgehead atoms. The molecule has 28 heavy (non-hydrogen) atoms. The smallest absolute Gasteiger partial charge is 0.351 e. The van der Waals surface area contributed by atoms with Crippen molar-refractivity contribution in [2.24, 2.45) is 17.8 Å². The summed E-state index contributed by atoms with van der Waals surface area (Å²) in [7, 11) is 0. The molecule has 1 saturated heterocycles. The molecular weight excluding hydrogens is 362 g/mol. The molecule has 1 aromatic rings. The molecule has 2 fully saturated rings. The average Bonchev–Trinajstić information content (AvgIpc) is 2.67. The lowest BCUT2D eigenvalue weighted by Gasteiger charge is -2.34. The van der Waals surface area contributed by atoms with Crippen LogP contribution in [0.1, 0.15) is 46.0 Å². The summed E-state index contributed by atoms with van der Waals surface area (Å²) in [6, 6.07) is 1.48. The number of carbonyl (C=O) groups is 1. The van der Waals surface area contributed by atoms with Crippen molar-refractivity contribution in [1.29, 1.82) is 0 Å². The first-order chi connectivity index (χ1) is 13.6. The molecule has 1 aliphatic carbocycles. The number of aromatic amines is 1. The summed E-state index contributed by atoms with van der Waals surface area (Å²) in [4.78, 5) is 30.0. The molecule has 8 nitrogen and oxygen atoms in total. The van der Waals surface area contributed by atoms with Gasteiger partial charge in [0.2, 0.25) is 11.8 Å². The number of nitrogens with zero attached hydrogens (tertiary/aromatic N) is 1. The van der Waals surface area contributed by atoms with E-state index in [2.05, 4.69) is 29.1 Å². The van der Waals surface area contributed by atoms with Gasteiger partial charge in [-0.2, -0.15) is 4.98 Å². The van der Waals surface area contributed by atoms with Crippen molar-refractivity contribution in [3.63, 3.8) is 0 Å². The molecule has 2 heterocycles. The summed E-state index contributed by atoms with van der Waals surface area (Å²) in [5, 5.41) is 2.97. The van der Waals surface area contributed by atoms with Gasteiger partial charge in [0.05, 0.1) is 19.3 Å². The van der Waals surface area contributed by atoms with E-state index in [1.807, 2.05) is 0 Å². The zero-order valence-corrected chi connectivity index (χ0v) is 16.7. The molecule has 2 unspecified atom stereocenters. The van der Waals surface area contributed by atoms with Crippen LogP contribution in [0.3, 0.4) is 0 Å². The molecule has 1 aliphatic heterocycles. The van der Waals surface area contributed by atoms with Gasteiger partial charge in [-0.1, -0.05) is 26.7 Å². The third-order valence-corrected chi connectivity index (χ3v) is 5.69. The Morgan fingerprint density at radius 3 is 2.50 bits per heavy atom. The first kappa shape index (κ1) is 20.6. The second kappa shape index (κ2) is 9.91. The number of amides is 1. The maximum atomic E-state index is 12.2. The number of aromatic nitrogens is 2. The number of hydrogen-bond acceptors (Lipinski definition) is 6. The van der Waals surface area contributed by atoms with Crippen molar-refractivity contribution < 1.29 is 19.0 Å². The van der Waals surface area contributed by atoms with Crippen LogP contribution >= 0.6 is 0 Å². The van der Waals surface area contributed by atoms with Crippen molar-refractivity contribution >= 4 is 5.91 Å². The number of ether oxygens (including phenoxy) is 3. The van der Waals surface area contributed by atoms with Crippen LogP contribution in [0, 0.1) is 17.8 Å². The first-order valence-corrected chi connectivity index (χ1v) is 10.3. The third-order valence-electron chi connectivity index (χ3n) is 5.69. The highest BCUT2D eigenvalue weighted by molar-refractivity contribution is 5.77. The number of carbonyl (C=O) groups excluding carboxylic acids is 1. The largest absolute Gasteiger partial charge is 0.470 e. The van der Waals surface area contributed by atoms with Gasteiger partial charge in [0.1, 0.15) is 6.10 Å². The van der Waals surface area contributed by atoms with Crippen LogP contribution in [0.4, 0.5) is 0 Å². The quantitative estimate of drug-likeness (QED) is 0.664. The minimum atomic E-state index is -0.577. The molecule has 2 atom stereocenters. The van der Waals surface area contributed by atoms with Gasteiger partial charge in [-0.25, -0.2) is 4.79 Å². The zero-order chi connectivity index (χ0) is 19.9. The van der Waals surface area contributed by atoms with Crippen LogP contribution < -0.4 is 20.5 Å². The average molecular weight is 393 g/mol. The highest BCUT2D eigenvalue weighted by Gasteiger charge is 2.27. The lowest BCUT2D eigenvalue weighted by molar-refractivity contribution is -0.123.